The van der Waals surface area contributed by atoms with E-state index in [1.165, 1.54) is 0 Å². The van der Waals surface area contributed by atoms with Crippen molar-refractivity contribution in [3.63, 3.8) is 0 Å². The monoisotopic (exact) mass is 418 g/mol. The normalized spacial score (nSPS) is 14.1. The fourth-order valence-corrected chi connectivity index (χ4v) is 3.38. The summed E-state index contributed by atoms with van der Waals surface area (Å²) in [6.45, 7) is 2.06. The van der Waals surface area contributed by atoms with Crippen LogP contribution in [0.5, 0.6) is 11.5 Å². The molecule has 1 atom stereocenters. The van der Waals surface area contributed by atoms with Crippen molar-refractivity contribution in [1.29, 1.82) is 0 Å². The molecule has 1 aliphatic heterocycles. The van der Waals surface area contributed by atoms with Crippen molar-refractivity contribution < 1.29 is 27.4 Å². The van der Waals surface area contributed by atoms with Gasteiger partial charge in [-0.1, -0.05) is 29.4 Å². The Kier molecular flexibility index (Phi) is 5.71. The van der Waals surface area contributed by atoms with Crippen molar-refractivity contribution in [2.75, 3.05) is 6.79 Å². The van der Waals surface area contributed by atoms with Gasteiger partial charge < -0.3 is 14.8 Å². The number of pyridine rings is 1. The van der Waals surface area contributed by atoms with E-state index in [9.17, 15) is 18.0 Å². The maximum absolute atomic E-state index is 12.6. The molecule has 0 spiro atoms. The van der Waals surface area contributed by atoms with E-state index in [4.69, 9.17) is 21.1 Å². The van der Waals surface area contributed by atoms with Gasteiger partial charge in [0.25, 0.3) is 0 Å². The first kappa shape index (κ1) is 19.6. The molecule has 1 amide bonds. The Balaban J connectivity index is 1.58. The molecule has 1 N–H and O–H groups in total. The highest BCUT2D eigenvalue weighted by Crippen LogP contribution is 2.35. The van der Waals surface area contributed by atoms with Gasteiger partial charge in [0.1, 0.15) is 5.03 Å². The predicted molar refractivity (Wildman–Crippen MR) is 94.0 cm³/mol. The number of amides is 1. The van der Waals surface area contributed by atoms with Gasteiger partial charge in [-0.15, -0.1) is 0 Å². The van der Waals surface area contributed by atoms with Gasteiger partial charge in [-0.2, -0.15) is 13.2 Å². The predicted octanol–water partition coefficient (Wildman–Crippen LogP) is 4.28. The van der Waals surface area contributed by atoms with Crippen LogP contribution in [-0.4, -0.2) is 22.9 Å². The minimum atomic E-state index is -4.52. The Labute approximate surface area is 162 Å². The third-order valence-corrected chi connectivity index (χ3v) is 5.21. The quantitative estimate of drug-likeness (QED) is 0.734. The largest absolute Gasteiger partial charge is 0.454 e. The van der Waals surface area contributed by atoms with Gasteiger partial charge in [0.05, 0.1) is 15.8 Å². The molecular formula is C17H14ClF3N2O3S. The van der Waals surface area contributed by atoms with Crippen molar-refractivity contribution in [1.82, 2.24) is 10.3 Å². The number of carbonyl (C=O) groups is 1. The van der Waals surface area contributed by atoms with E-state index >= 15 is 0 Å². The molecule has 10 heteroatoms. The Bertz CT molecular complexity index is 864. The number of thioether (sulfide) groups is 1. The average Bonchev–Trinajstić information content (AvgIpc) is 3.08. The zero-order valence-electron chi connectivity index (χ0n) is 14.0. The second-order valence-electron chi connectivity index (χ2n) is 5.67. The number of rotatable bonds is 5. The number of hydrogen-bond acceptors (Lipinski definition) is 5. The number of alkyl halides is 3. The highest BCUT2D eigenvalue weighted by molar-refractivity contribution is 8.00. The fourth-order valence-electron chi connectivity index (χ4n) is 2.27. The topological polar surface area (TPSA) is 60.5 Å². The number of benzene rings is 1. The van der Waals surface area contributed by atoms with E-state index in [-0.39, 0.29) is 29.3 Å². The molecule has 5 nitrogen and oxygen atoms in total. The molecule has 3 rings (SSSR count). The number of fused-ring (bicyclic) bond motifs is 1. The van der Waals surface area contributed by atoms with E-state index in [2.05, 4.69) is 10.3 Å². The first-order valence-corrected chi connectivity index (χ1v) is 9.05. The standard InChI is InChI=1S/C17H14ClF3N2O3S/c1-9(27-16-12(18)5-11(7-23-16)17(19,20)21)15(24)22-6-10-2-3-13-14(4-10)26-8-25-13/h2-5,7,9H,6,8H2,1H3,(H,22,24)/t9-/m1/s1. The Hall–Kier alpha value is -2.13. The maximum Gasteiger partial charge on any atom is 0.417 e. The van der Waals surface area contributed by atoms with Crippen LogP contribution in [-0.2, 0) is 17.5 Å². The average molecular weight is 419 g/mol. The molecule has 0 radical (unpaired) electrons. The molecule has 1 aliphatic rings. The molecule has 2 heterocycles. The summed E-state index contributed by atoms with van der Waals surface area (Å²) < 4.78 is 48.4. The zero-order valence-corrected chi connectivity index (χ0v) is 15.5. The number of nitrogens with one attached hydrogen (secondary N) is 1. The third kappa shape index (κ3) is 4.78. The summed E-state index contributed by atoms with van der Waals surface area (Å²) in [6, 6.07) is 6.14. The molecule has 1 aromatic carbocycles. The van der Waals surface area contributed by atoms with Gasteiger partial charge in [-0.3, -0.25) is 4.79 Å². The number of ether oxygens (including phenoxy) is 2. The van der Waals surface area contributed by atoms with Crippen molar-refractivity contribution in [2.45, 2.75) is 29.9 Å². The van der Waals surface area contributed by atoms with Crippen LogP contribution in [0.1, 0.15) is 18.1 Å². The maximum atomic E-state index is 12.6. The van der Waals surface area contributed by atoms with Crippen LogP contribution in [0.2, 0.25) is 5.02 Å². The SMILES string of the molecule is C[C@@H](Sc1ncc(C(F)(F)F)cc1Cl)C(=O)NCc1ccc2c(c1)OCO2. The lowest BCUT2D eigenvalue weighted by Crippen LogP contribution is -2.30. The van der Waals surface area contributed by atoms with Crippen LogP contribution in [0.15, 0.2) is 35.5 Å². The summed E-state index contributed by atoms with van der Waals surface area (Å²) in [4.78, 5) is 16.0. The second kappa shape index (κ2) is 7.85. The summed E-state index contributed by atoms with van der Waals surface area (Å²) in [7, 11) is 0. The summed E-state index contributed by atoms with van der Waals surface area (Å²) in [6.07, 6.45) is -3.82. The van der Waals surface area contributed by atoms with Gasteiger partial charge in [0.2, 0.25) is 12.7 Å². The molecule has 0 saturated heterocycles. The number of carbonyl (C=O) groups excluding carboxylic acids is 1. The Morgan fingerprint density at radius 2 is 2.07 bits per heavy atom. The highest BCUT2D eigenvalue weighted by Gasteiger charge is 2.32. The minimum Gasteiger partial charge on any atom is -0.454 e. The van der Waals surface area contributed by atoms with Crippen LogP contribution in [0, 0.1) is 0 Å². The first-order chi connectivity index (χ1) is 12.7. The van der Waals surface area contributed by atoms with Crippen LogP contribution < -0.4 is 14.8 Å². The Morgan fingerprint density at radius 3 is 2.78 bits per heavy atom. The number of halogens is 4. The molecule has 144 valence electrons. The van der Waals surface area contributed by atoms with E-state index in [1.807, 2.05) is 0 Å². The summed E-state index contributed by atoms with van der Waals surface area (Å²) in [5, 5.41) is 2.18. The van der Waals surface area contributed by atoms with E-state index < -0.39 is 17.0 Å². The van der Waals surface area contributed by atoms with Gasteiger partial charge in [-0.25, -0.2) is 4.98 Å². The molecule has 0 unspecified atom stereocenters. The number of hydrogen-bond donors (Lipinski definition) is 1. The zero-order chi connectivity index (χ0) is 19.6. The molecule has 2 aromatic rings. The third-order valence-electron chi connectivity index (χ3n) is 3.70. The molecule has 0 fully saturated rings. The number of nitrogens with zero attached hydrogens (tertiary/aromatic N) is 1. The fraction of sp³-hybridized carbons (Fsp3) is 0.294. The van der Waals surface area contributed by atoms with Crippen molar-refractivity contribution in [3.05, 3.63) is 46.6 Å². The van der Waals surface area contributed by atoms with Crippen molar-refractivity contribution in [2.24, 2.45) is 0 Å². The van der Waals surface area contributed by atoms with Gasteiger partial charge in [-0.05, 0) is 30.7 Å². The van der Waals surface area contributed by atoms with E-state index in [1.54, 1.807) is 25.1 Å². The first-order valence-electron chi connectivity index (χ1n) is 7.79. The lowest BCUT2D eigenvalue weighted by atomic mass is 10.2. The molecule has 0 saturated carbocycles. The van der Waals surface area contributed by atoms with Crippen LogP contribution in [0.4, 0.5) is 13.2 Å². The molecular weight excluding hydrogens is 405 g/mol. The van der Waals surface area contributed by atoms with Crippen molar-refractivity contribution >= 4 is 29.3 Å². The molecule has 0 bridgehead atoms. The minimum absolute atomic E-state index is 0.148. The Morgan fingerprint density at radius 1 is 1.33 bits per heavy atom. The lowest BCUT2D eigenvalue weighted by Gasteiger charge is -2.13. The molecule has 1 aromatic heterocycles. The number of aromatic nitrogens is 1. The van der Waals surface area contributed by atoms with Gasteiger partial charge in [0.15, 0.2) is 11.5 Å². The summed E-state index contributed by atoms with van der Waals surface area (Å²) >= 11 is 6.86. The second-order valence-corrected chi connectivity index (χ2v) is 7.41. The van der Waals surface area contributed by atoms with E-state index in [0.29, 0.717) is 17.7 Å². The molecule has 27 heavy (non-hydrogen) atoms. The van der Waals surface area contributed by atoms with Crippen LogP contribution in [0.3, 0.4) is 0 Å². The highest BCUT2D eigenvalue weighted by atomic mass is 35.5. The summed E-state index contributed by atoms with van der Waals surface area (Å²) in [5.41, 5.74) is -0.104. The summed E-state index contributed by atoms with van der Waals surface area (Å²) in [5.74, 6) is 0.970. The van der Waals surface area contributed by atoms with E-state index in [0.717, 1.165) is 23.4 Å². The smallest absolute Gasteiger partial charge is 0.417 e. The van der Waals surface area contributed by atoms with Gasteiger partial charge in [0, 0.05) is 12.7 Å². The van der Waals surface area contributed by atoms with Gasteiger partial charge >= 0.3 is 6.18 Å². The lowest BCUT2D eigenvalue weighted by molar-refractivity contribution is -0.137. The van der Waals surface area contributed by atoms with Crippen molar-refractivity contribution in [3.8, 4) is 11.5 Å². The van der Waals surface area contributed by atoms with Crippen LogP contribution in [0.25, 0.3) is 0 Å². The molecule has 0 aliphatic carbocycles. The van der Waals surface area contributed by atoms with Crippen LogP contribution >= 0.6 is 23.4 Å².